The molecule has 4 aromatic heterocycles. The van der Waals surface area contributed by atoms with Gasteiger partial charge in [-0.05, 0) is 171 Å². The van der Waals surface area contributed by atoms with Gasteiger partial charge in [-0.3, -0.25) is 0 Å². The first-order valence-electron chi connectivity index (χ1n) is 21.4. The Labute approximate surface area is 386 Å². The van der Waals surface area contributed by atoms with Crippen LogP contribution in [0.25, 0.3) is 0 Å². The second-order valence-electron chi connectivity index (χ2n) is 16.2. The lowest BCUT2D eigenvalue weighted by atomic mass is 10.0. The lowest BCUT2D eigenvalue weighted by Crippen LogP contribution is -2.32. The highest BCUT2D eigenvalue weighted by molar-refractivity contribution is 7.11. The molecule has 0 aliphatic carbocycles. The van der Waals surface area contributed by atoms with Crippen molar-refractivity contribution in [2.75, 3.05) is 52.6 Å². The normalized spacial score (nSPS) is 29.1. The van der Waals surface area contributed by atoms with Crippen molar-refractivity contribution in [2.24, 2.45) is 0 Å². The summed E-state index contributed by atoms with van der Waals surface area (Å²) in [7, 11) is 0. The minimum Gasteiger partial charge on any atom is -0.371 e. The number of hydrogen-bond acceptors (Lipinski definition) is 12. The quantitative estimate of drug-likeness (QED) is 0.161. The number of ether oxygens (including phenoxy) is 4. The van der Waals surface area contributed by atoms with Crippen molar-refractivity contribution < 1.29 is 18.9 Å². The van der Waals surface area contributed by atoms with Crippen molar-refractivity contribution in [3.8, 4) is 0 Å². The van der Waals surface area contributed by atoms with E-state index in [2.05, 4.69) is 67.1 Å². The molecule has 0 saturated carbocycles. The fourth-order valence-corrected chi connectivity index (χ4v) is 14.0. The number of rotatable bonds is 4. The fourth-order valence-electron chi connectivity index (χ4n) is 9.78. The molecule has 0 spiro atoms. The summed E-state index contributed by atoms with van der Waals surface area (Å²) in [6.45, 7) is 8.21. The maximum Gasteiger partial charge on any atom is 0.107 e. The summed E-state index contributed by atoms with van der Waals surface area (Å²) < 4.78 is 23.6. The van der Waals surface area contributed by atoms with Gasteiger partial charge in [-0.15, -0.1) is 45.3 Å². The van der Waals surface area contributed by atoms with Gasteiger partial charge in [0.05, 0.1) is 26.4 Å². The Kier molecular flexibility index (Phi) is 22.1. The number of nitrogens with one attached hydrogen (secondary N) is 4. The summed E-state index contributed by atoms with van der Waals surface area (Å²) in [5, 5.41) is 22.9. The maximum absolute atomic E-state index is 5.89. The number of fused-ring (bicyclic) bond motifs is 4. The third kappa shape index (κ3) is 12.4. The monoisotopic (exact) mass is 917 g/mol. The van der Waals surface area contributed by atoms with Gasteiger partial charge in [0, 0.05) is 43.7 Å². The van der Waals surface area contributed by atoms with E-state index in [0.29, 0.717) is 48.6 Å². The molecule has 12 rings (SSSR count). The largest absolute Gasteiger partial charge is 0.371 e. The van der Waals surface area contributed by atoms with E-state index >= 15 is 0 Å². The van der Waals surface area contributed by atoms with Gasteiger partial charge in [-0.25, -0.2) is 0 Å². The molecule has 61 heavy (non-hydrogen) atoms. The van der Waals surface area contributed by atoms with Crippen molar-refractivity contribution in [3.63, 3.8) is 0 Å². The predicted molar refractivity (Wildman–Crippen MR) is 265 cm³/mol. The minimum absolute atomic E-state index is 0. The van der Waals surface area contributed by atoms with E-state index in [-0.39, 0.29) is 37.1 Å². The Balaban J connectivity index is 0.000000174. The topological polar surface area (TPSA) is 85.0 Å². The maximum atomic E-state index is 5.89. The molecule has 8 nitrogen and oxygen atoms in total. The number of hydrogen-bond donors (Lipinski definition) is 4. The van der Waals surface area contributed by atoms with Gasteiger partial charge in [0.25, 0.3) is 0 Å². The number of thiophene rings is 4. The van der Waals surface area contributed by atoms with Crippen LogP contribution < -0.4 is 21.3 Å². The molecule has 8 aliphatic heterocycles. The molecule has 12 heteroatoms. The molecule has 0 unspecified atom stereocenters. The van der Waals surface area contributed by atoms with Crippen LogP contribution in [-0.4, -0.2) is 76.8 Å². The van der Waals surface area contributed by atoms with E-state index in [1.807, 2.05) is 45.3 Å². The van der Waals surface area contributed by atoms with Crippen molar-refractivity contribution in [2.45, 2.75) is 163 Å². The highest BCUT2D eigenvalue weighted by atomic mass is 32.1. The lowest BCUT2D eigenvalue weighted by molar-refractivity contribution is 0.0228. The van der Waals surface area contributed by atoms with Crippen molar-refractivity contribution in [1.29, 1.82) is 0 Å². The molecule has 4 aromatic rings. The van der Waals surface area contributed by atoms with E-state index in [9.17, 15) is 0 Å². The van der Waals surface area contributed by atoms with Gasteiger partial charge in [0.15, 0.2) is 0 Å². The highest BCUT2D eigenvalue weighted by Crippen LogP contribution is 2.39. The molecule has 4 saturated heterocycles. The van der Waals surface area contributed by atoms with Crippen LogP contribution in [0.5, 0.6) is 0 Å². The summed E-state index contributed by atoms with van der Waals surface area (Å²) >= 11 is 7.42. The Bertz CT molecular complexity index is 1530. The van der Waals surface area contributed by atoms with Crippen LogP contribution in [0, 0.1) is 0 Å². The van der Waals surface area contributed by atoms with Gasteiger partial charge in [0.1, 0.15) is 24.4 Å². The smallest absolute Gasteiger partial charge is 0.107 e. The highest BCUT2D eigenvalue weighted by Gasteiger charge is 2.34. The Morgan fingerprint density at radius 1 is 0.361 bits per heavy atom. The molecular formula is C49H80N4O4S4. The second-order valence-corrected chi connectivity index (χ2v) is 20.0. The molecule has 0 aromatic carbocycles. The van der Waals surface area contributed by atoms with Crippen LogP contribution in [-0.2, 0) is 44.6 Å². The second kappa shape index (κ2) is 25.8. The molecule has 12 heterocycles. The standard InChI is InChI=1S/4C11H15NOS.5CH4/c4*1-2-9(12-5-1)10-11-8(3-6-13-10)4-7-14-11;;;;;/h4*4,7,9-10,12H,1-3,5-6H2;5*1H4/t2*9-,10+;2*9-,10-;;;;;/m1010...../s1. The third-order valence-electron chi connectivity index (χ3n) is 12.7. The molecule has 344 valence electrons. The van der Waals surface area contributed by atoms with Crippen LogP contribution in [0.4, 0.5) is 0 Å². The van der Waals surface area contributed by atoms with Crippen LogP contribution in [0.1, 0.15) is 155 Å². The summed E-state index contributed by atoms with van der Waals surface area (Å²) in [6.07, 6.45) is 16.0. The van der Waals surface area contributed by atoms with Crippen molar-refractivity contribution in [3.05, 3.63) is 87.5 Å². The summed E-state index contributed by atoms with van der Waals surface area (Å²) in [5.41, 5.74) is 6.06. The van der Waals surface area contributed by atoms with Gasteiger partial charge in [-0.2, -0.15) is 0 Å². The Morgan fingerprint density at radius 3 is 0.787 bits per heavy atom. The molecule has 8 atom stereocenters. The molecule has 4 N–H and O–H groups in total. The van der Waals surface area contributed by atoms with E-state index in [1.54, 1.807) is 0 Å². The summed E-state index contributed by atoms with van der Waals surface area (Å²) in [4.78, 5) is 5.87. The summed E-state index contributed by atoms with van der Waals surface area (Å²) in [6, 6.07) is 11.3. The Hall–Kier alpha value is -1.52. The molecule has 4 fully saturated rings. The zero-order chi connectivity index (χ0) is 37.5. The van der Waals surface area contributed by atoms with Crippen LogP contribution in [0.15, 0.2) is 45.8 Å². The van der Waals surface area contributed by atoms with E-state index in [1.165, 1.54) is 93.1 Å². The van der Waals surface area contributed by atoms with Gasteiger partial charge < -0.3 is 40.2 Å². The predicted octanol–water partition coefficient (Wildman–Crippen LogP) is 11.6. The van der Waals surface area contributed by atoms with E-state index in [0.717, 1.165) is 78.3 Å². The molecule has 0 radical (unpaired) electrons. The lowest BCUT2D eigenvalue weighted by Gasteiger charge is -2.28. The molecule has 0 amide bonds. The third-order valence-corrected chi connectivity index (χ3v) is 16.8. The van der Waals surface area contributed by atoms with Gasteiger partial charge in [0.2, 0.25) is 0 Å². The fraction of sp³-hybridized carbons (Fsp3) is 0.673. The first-order valence-corrected chi connectivity index (χ1v) is 25.0. The molecule has 8 aliphatic rings. The minimum atomic E-state index is 0. The van der Waals surface area contributed by atoms with Gasteiger partial charge in [-0.1, -0.05) is 37.1 Å². The van der Waals surface area contributed by atoms with Crippen LogP contribution in [0.2, 0.25) is 0 Å². The zero-order valence-corrected chi connectivity index (χ0v) is 35.9. The van der Waals surface area contributed by atoms with Crippen molar-refractivity contribution >= 4 is 45.3 Å². The van der Waals surface area contributed by atoms with Crippen molar-refractivity contribution in [1.82, 2.24) is 21.3 Å². The van der Waals surface area contributed by atoms with Gasteiger partial charge >= 0.3 is 0 Å². The first-order chi connectivity index (χ1) is 27.8. The van der Waals surface area contributed by atoms with Crippen LogP contribution >= 0.6 is 45.3 Å². The van der Waals surface area contributed by atoms with Crippen LogP contribution in [0.3, 0.4) is 0 Å². The average molecular weight is 917 g/mol. The SMILES string of the molecule is C.C.C.C.C.c1cc2c(s1)[C@@H]([C@@H]1CCCN1)OCC2.c1cc2c(s1)[C@@H]([C@H]1CCCN1)OCC2.c1cc2c(s1)[C@H]([C@@H]1CCCN1)OCC2.c1cc2c(s1)[C@H]([C@H]1CCCN1)OCC2. The average Bonchev–Trinajstić information content (AvgIpc) is 4.11. The van der Waals surface area contributed by atoms with E-state index < -0.39 is 0 Å². The van der Waals surface area contributed by atoms with E-state index in [4.69, 9.17) is 18.9 Å². The molecular weight excluding hydrogens is 837 g/mol. The first kappa shape index (κ1) is 52.1. The summed E-state index contributed by atoms with van der Waals surface area (Å²) in [5.74, 6) is 0. The molecule has 0 bridgehead atoms. The Morgan fingerprint density at radius 2 is 0.590 bits per heavy atom. The zero-order valence-electron chi connectivity index (χ0n) is 32.6.